The van der Waals surface area contributed by atoms with E-state index in [4.69, 9.17) is 5.73 Å². The molecular weight excluding hydrogens is 316 g/mol. The fourth-order valence-electron chi connectivity index (χ4n) is 3.85. The normalized spacial score (nSPS) is 21.3. The molecule has 1 aromatic rings. The fraction of sp³-hybridized carbons (Fsp3) is 0.579. The number of nitrogens with zero attached hydrogens (tertiary/aromatic N) is 2. The van der Waals surface area contributed by atoms with Crippen molar-refractivity contribution in [2.75, 3.05) is 38.0 Å². The van der Waals surface area contributed by atoms with Crippen molar-refractivity contribution >= 4 is 17.6 Å². The van der Waals surface area contributed by atoms with Crippen LogP contribution in [0.15, 0.2) is 24.3 Å². The second kappa shape index (κ2) is 8.34. The monoisotopic (exact) mass is 344 g/mol. The first-order valence-electron chi connectivity index (χ1n) is 9.26. The first kappa shape index (κ1) is 17.7. The van der Waals surface area contributed by atoms with E-state index in [9.17, 15) is 9.59 Å². The summed E-state index contributed by atoms with van der Waals surface area (Å²) in [7, 11) is 0. The molecule has 0 spiro atoms. The van der Waals surface area contributed by atoms with Crippen LogP contribution in [0.1, 0.15) is 31.2 Å². The molecule has 3 rings (SSSR count). The number of hydrogen-bond donors (Lipinski definition) is 2. The first-order chi connectivity index (χ1) is 12.1. The quantitative estimate of drug-likeness (QED) is 0.858. The number of rotatable bonds is 5. The number of benzene rings is 1. The lowest BCUT2D eigenvalue weighted by Crippen LogP contribution is -2.37. The summed E-state index contributed by atoms with van der Waals surface area (Å²) in [6, 6.07) is 7.25. The smallest absolute Gasteiger partial charge is 0.321 e. The number of piperidine rings is 1. The number of carbonyl (C=O) groups is 2. The van der Waals surface area contributed by atoms with Crippen LogP contribution in [0.25, 0.3) is 0 Å². The van der Waals surface area contributed by atoms with Gasteiger partial charge in [0.25, 0.3) is 0 Å². The van der Waals surface area contributed by atoms with Crippen molar-refractivity contribution in [3.05, 3.63) is 29.8 Å². The minimum absolute atomic E-state index is 0.0851. The van der Waals surface area contributed by atoms with Gasteiger partial charge in [0.05, 0.1) is 6.42 Å². The second-order valence-electron chi connectivity index (χ2n) is 7.19. The van der Waals surface area contributed by atoms with E-state index in [-0.39, 0.29) is 12.5 Å². The maximum Gasteiger partial charge on any atom is 0.321 e. The summed E-state index contributed by atoms with van der Waals surface area (Å²) < 4.78 is 0. The Hall–Kier alpha value is -2.08. The highest BCUT2D eigenvalue weighted by Crippen LogP contribution is 2.22. The highest BCUT2D eigenvalue weighted by atomic mass is 16.2. The highest BCUT2D eigenvalue weighted by molar-refractivity contribution is 5.91. The topological polar surface area (TPSA) is 78.7 Å². The summed E-state index contributed by atoms with van der Waals surface area (Å²) >= 11 is 0. The van der Waals surface area contributed by atoms with Crippen molar-refractivity contribution in [2.24, 2.45) is 11.7 Å². The molecule has 2 saturated heterocycles. The lowest BCUT2D eigenvalue weighted by Gasteiger charge is -2.29. The standard InChI is InChI=1S/C19H28N4O2/c20-18(24)12-16-6-2-3-7-17(16)21-19(25)23-11-8-15(14-23)13-22-9-4-1-5-10-22/h2-3,6-7,15H,1,4-5,8-14H2,(H2,20,24)(H,21,25). The van der Waals surface area contributed by atoms with Gasteiger partial charge >= 0.3 is 6.03 Å². The fourth-order valence-corrected chi connectivity index (χ4v) is 3.85. The van der Waals surface area contributed by atoms with Gasteiger partial charge in [0.2, 0.25) is 5.91 Å². The third kappa shape index (κ3) is 4.95. The van der Waals surface area contributed by atoms with E-state index in [0.29, 0.717) is 11.6 Å². The van der Waals surface area contributed by atoms with Crippen LogP contribution >= 0.6 is 0 Å². The second-order valence-corrected chi connectivity index (χ2v) is 7.19. The summed E-state index contributed by atoms with van der Waals surface area (Å²) in [6.07, 6.45) is 5.14. The van der Waals surface area contributed by atoms with Crippen LogP contribution in [0.4, 0.5) is 10.5 Å². The summed E-state index contributed by atoms with van der Waals surface area (Å²) in [5.41, 5.74) is 6.72. The zero-order valence-electron chi connectivity index (χ0n) is 14.7. The molecule has 6 heteroatoms. The van der Waals surface area contributed by atoms with Gasteiger partial charge in [0, 0.05) is 25.3 Å². The Balaban J connectivity index is 1.53. The maximum atomic E-state index is 12.6. The Morgan fingerprint density at radius 2 is 1.88 bits per heavy atom. The molecule has 1 atom stereocenters. The van der Waals surface area contributed by atoms with Gasteiger partial charge in [-0.05, 0) is 49.9 Å². The Bertz CT molecular complexity index is 613. The van der Waals surface area contributed by atoms with Crippen molar-refractivity contribution in [2.45, 2.75) is 32.1 Å². The third-order valence-corrected chi connectivity index (χ3v) is 5.16. The molecule has 3 N–H and O–H groups in total. The van der Waals surface area contributed by atoms with Crippen LogP contribution in [0, 0.1) is 5.92 Å². The van der Waals surface area contributed by atoms with Crippen LogP contribution in [-0.4, -0.2) is 54.5 Å². The van der Waals surface area contributed by atoms with Gasteiger partial charge in [-0.2, -0.15) is 0 Å². The third-order valence-electron chi connectivity index (χ3n) is 5.16. The Morgan fingerprint density at radius 3 is 2.64 bits per heavy atom. The van der Waals surface area contributed by atoms with Crippen LogP contribution in [0.5, 0.6) is 0 Å². The Morgan fingerprint density at radius 1 is 1.12 bits per heavy atom. The Kier molecular flexibility index (Phi) is 5.91. The average molecular weight is 344 g/mol. The highest BCUT2D eigenvalue weighted by Gasteiger charge is 2.28. The minimum atomic E-state index is -0.399. The Labute approximate surface area is 149 Å². The van der Waals surface area contributed by atoms with Gasteiger partial charge in [0.15, 0.2) is 0 Å². The van der Waals surface area contributed by atoms with Gasteiger partial charge in [-0.25, -0.2) is 4.79 Å². The van der Waals surface area contributed by atoms with Gasteiger partial charge in [-0.15, -0.1) is 0 Å². The summed E-state index contributed by atoms with van der Waals surface area (Å²) in [5, 5.41) is 2.95. The van der Waals surface area contributed by atoms with Crippen molar-refractivity contribution in [3.63, 3.8) is 0 Å². The van der Waals surface area contributed by atoms with Crippen molar-refractivity contribution in [1.82, 2.24) is 9.80 Å². The van der Waals surface area contributed by atoms with Gasteiger partial charge < -0.3 is 20.9 Å². The van der Waals surface area contributed by atoms with Crippen molar-refractivity contribution in [3.8, 4) is 0 Å². The molecule has 136 valence electrons. The molecule has 6 nitrogen and oxygen atoms in total. The predicted octanol–water partition coefficient (Wildman–Crippen LogP) is 2.05. The van der Waals surface area contributed by atoms with Gasteiger partial charge in [-0.1, -0.05) is 24.6 Å². The maximum absolute atomic E-state index is 12.6. The van der Waals surface area contributed by atoms with Gasteiger partial charge in [0.1, 0.15) is 0 Å². The number of urea groups is 1. The number of nitrogens with two attached hydrogens (primary N) is 1. The molecule has 2 fully saturated rings. The molecule has 1 aromatic carbocycles. The van der Waals surface area contributed by atoms with E-state index in [2.05, 4.69) is 10.2 Å². The molecule has 2 aliphatic heterocycles. The van der Waals surface area contributed by atoms with Gasteiger partial charge in [-0.3, -0.25) is 4.79 Å². The van der Waals surface area contributed by atoms with E-state index >= 15 is 0 Å². The van der Waals surface area contributed by atoms with E-state index in [1.165, 1.54) is 32.4 Å². The molecule has 0 radical (unpaired) electrons. The average Bonchev–Trinajstić information content (AvgIpc) is 3.06. The number of hydrogen-bond acceptors (Lipinski definition) is 3. The van der Waals surface area contributed by atoms with Crippen molar-refractivity contribution in [1.29, 1.82) is 0 Å². The predicted molar refractivity (Wildman–Crippen MR) is 98.3 cm³/mol. The number of likely N-dealkylation sites (tertiary alicyclic amines) is 2. The molecule has 1 unspecified atom stereocenters. The molecule has 0 bridgehead atoms. The molecule has 0 aromatic heterocycles. The largest absolute Gasteiger partial charge is 0.369 e. The number of anilines is 1. The summed E-state index contributed by atoms with van der Waals surface area (Å²) in [4.78, 5) is 28.2. The number of amides is 3. The summed E-state index contributed by atoms with van der Waals surface area (Å²) in [6.45, 7) is 5.09. The lowest BCUT2D eigenvalue weighted by atomic mass is 10.1. The molecule has 2 aliphatic rings. The SMILES string of the molecule is NC(=O)Cc1ccccc1NC(=O)N1CCC(CN2CCCCC2)C1. The number of carbonyl (C=O) groups excluding carboxylic acids is 2. The van der Waals surface area contributed by atoms with E-state index in [1.807, 2.05) is 29.2 Å². The van der Waals surface area contributed by atoms with E-state index in [0.717, 1.165) is 31.6 Å². The zero-order chi connectivity index (χ0) is 17.6. The molecule has 0 aliphatic carbocycles. The molecule has 25 heavy (non-hydrogen) atoms. The number of para-hydroxylation sites is 1. The van der Waals surface area contributed by atoms with Crippen LogP contribution < -0.4 is 11.1 Å². The first-order valence-corrected chi connectivity index (χ1v) is 9.26. The zero-order valence-corrected chi connectivity index (χ0v) is 14.7. The lowest BCUT2D eigenvalue weighted by molar-refractivity contribution is -0.117. The molecular formula is C19H28N4O2. The molecule has 3 amide bonds. The molecule has 0 saturated carbocycles. The summed E-state index contributed by atoms with van der Waals surface area (Å²) in [5.74, 6) is 0.161. The van der Waals surface area contributed by atoms with E-state index < -0.39 is 5.91 Å². The van der Waals surface area contributed by atoms with E-state index in [1.54, 1.807) is 0 Å². The molecule has 2 heterocycles. The van der Waals surface area contributed by atoms with Crippen molar-refractivity contribution < 1.29 is 9.59 Å². The number of primary amides is 1. The number of nitrogens with one attached hydrogen (secondary N) is 1. The van der Waals surface area contributed by atoms with Crippen LogP contribution in [-0.2, 0) is 11.2 Å². The van der Waals surface area contributed by atoms with Crippen LogP contribution in [0.3, 0.4) is 0 Å². The van der Waals surface area contributed by atoms with Crippen LogP contribution in [0.2, 0.25) is 0 Å². The minimum Gasteiger partial charge on any atom is -0.369 e.